The van der Waals surface area contributed by atoms with E-state index in [1.54, 1.807) is 22.9 Å². The molecule has 0 unspecified atom stereocenters. The molecule has 0 aliphatic heterocycles. The average molecular weight is 549 g/mol. The second-order valence-corrected chi connectivity index (χ2v) is 9.45. The third-order valence-corrected chi connectivity index (χ3v) is 6.09. The number of carboxylic acids is 1. The summed E-state index contributed by atoms with van der Waals surface area (Å²) in [6, 6.07) is 8.64. The molecular formula is C19H19BrClN3O7S. The van der Waals surface area contributed by atoms with E-state index in [0.29, 0.717) is 16.5 Å². The van der Waals surface area contributed by atoms with Crippen molar-refractivity contribution in [1.82, 2.24) is 4.72 Å². The van der Waals surface area contributed by atoms with E-state index in [1.165, 1.54) is 24.3 Å². The van der Waals surface area contributed by atoms with Gasteiger partial charge in [0, 0.05) is 16.6 Å². The van der Waals surface area contributed by atoms with Gasteiger partial charge in [0.2, 0.25) is 0 Å². The van der Waals surface area contributed by atoms with Crippen LogP contribution in [-0.2, 0) is 24.4 Å². The number of nitrogens with two attached hydrogens (primary N) is 1. The molecule has 0 heterocycles. The number of ether oxygens (including phenoxy) is 1. The van der Waals surface area contributed by atoms with Crippen molar-refractivity contribution in [3.8, 4) is 5.75 Å². The van der Waals surface area contributed by atoms with Crippen LogP contribution in [0.15, 0.2) is 51.8 Å². The van der Waals surface area contributed by atoms with Crippen molar-refractivity contribution in [3.05, 3.63) is 52.0 Å². The van der Waals surface area contributed by atoms with Gasteiger partial charge in [-0.15, -0.1) is 0 Å². The summed E-state index contributed by atoms with van der Waals surface area (Å²) in [6.45, 7) is -0.328. The molecule has 2 aromatic rings. The molecule has 0 aliphatic rings. The minimum absolute atomic E-state index is 0.213. The van der Waals surface area contributed by atoms with Crippen molar-refractivity contribution < 1.29 is 32.6 Å². The molecule has 0 aliphatic carbocycles. The van der Waals surface area contributed by atoms with Crippen LogP contribution in [0.1, 0.15) is 12.8 Å². The standard InChI is InChI=1S/C19H19BrClN3O7S/c20-11-1-7-16(14(21)9-11)31-10-17(25)23-12-2-4-13(5-3-12)32(29,30)24-19(28)15(22)6-8-18(26)27/h1-5,7,9,15H,6,8,10,22H2,(H,23,25)(H,24,28)(H,26,27)/t15-/m0/s1. The van der Waals surface area contributed by atoms with Crippen molar-refractivity contribution in [2.24, 2.45) is 5.73 Å². The van der Waals surface area contributed by atoms with Gasteiger partial charge in [0.25, 0.3) is 21.8 Å². The van der Waals surface area contributed by atoms with Crippen LogP contribution >= 0.6 is 27.5 Å². The molecule has 32 heavy (non-hydrogen) atoms. The minimum atomic E-state index is -4.23. The Kier molecular flexibility index (Phi) is 9.01. The van der Waals surface area contributed by atoms with Gasteiger partial charge < -0.3 is 20.9 Å². The molecule has 2 aromatic carbocycles. The molecule has 0 saturated carbocycles. The Morgan fingerprint density at radius 2 is 1.81 bits per heavy atom. The topological polar surface area (TPSA) is 165 Å². The minimum Gasteiger partial charge on any atom is -0.482 e. The highest BCUT2D eigenvalue weighted by Crippen LogP contribution is 2.27. The molecule has 0 radical (unpaired) electrons. The second kappa shape index (κ2) is 11.3. The number of anilines is 1. The van der Waals surface area contributed by atoms with Crippen LogP contribution in [0.4, 0.5) is 5.69 Å². The molecule has 172 valence electrons. The molecule has 0 aromatic heterocycles. The highest BCUT2D eigenvalue weighted by Gasteiger charge is 2.22. The summed E-state index contributed by atoms with van der Waals surface area (Å²) < 4.78 is 32.5. The van der Waals surface area contributed by atoms with Crippen molar-refractivity contribution in [3.63, 3.8) is 0 Å². The summed E-state index contributed by atoms with van der Waals surface area (Å²) >= 11 is 9.27. The van der Waals surface area contributed by atoms with E-state index < -0.39 is 33.8 Å². The molecule has 0 saturated heterocycles. The number of hydrogen-bond acceptors (Lipinski definition) is 7. The third kappa shape index (κ3) is 7.79. The number of aliphatic carboxylic acids is 1. The molecule has 0 spiro atoms. The quantitative estimate of drug-likeness (QED) is 0.350. The fraction of sp³-hybridized carbons (Fsp3) is 0.211. The van der Waals surface area contributed by atoms with E-state index in [4.69, 9.17) is 27.2 Å². The fourth-order valence-corrected chi connectivity index (χ4v) is 4.08. The van der Waals surface area contributed by atoms with Crippen molar-refractivity contribution in [2.75, 3.05) is 11.9 Å². The maximum Gasteiger partial charge on any atom is 0.303 e. The van der Waals surface area contributed by atoms with E-state index in [2.05, 4.69) is 21.2 Å². The summed E-state index contributed by atoms with van der Waals surface area (Å²) in [5.41, 5.74) is 5.80. The van der Waals surface area contributed by atoms with Gasteiger partial charge in [-0.25, -0.2) is 13.1 Å². The van der Waals surface area contributed by atoms with E-state index in [9.17, 15) is 22.8 Å². The number of carbonyl (C=O) groups excluding carboxylic acids is 2. The lowest BCUT2D eigenvalue weighted by molar-refractivity contribution is -0.137. The van der Waals surface area contributed by atoms with Crippen LogP contribution in [0, 0.1) is 0 Å². The Balaban J connectivity index is 1.92. The Morgan fingerprint density at radius 1 is 1.16 bits per heavy atom. The first kappa shape index (κ1) is 25.6. The molecule has 0 fully saturated rings. The largest absolute Gasteiger partial charge is 0.482 e. The van der Waals surface area contributed by atoms with Crippen molar-refractivity contribution in [2.45, 2.75) is 23.8 Å². The van der Waals surface area contributed by atoms with Gasteiger partial charge in [-0.05, 0) is 48.9 Å². The smallest absolute Gasteiger partial charge is 0.303 e. The van der Waals surface area contributed by atoms with Gasteiger partial charge in [-0.2, -0.15) is 0 Å². The predicted octanol–water partition coefficient (Wildman–Crippen LogP) is 2.12. The first-order valence-electron chi connectivity index (χ1n) is 9.00. The lowest BCUT2D eigenvalue weighted by Crippen LogP contribution is -2.43. The van der Waals surface area contributed by atoms with E-state index >= 15 is 0 Å². The summed E-state index contributed by atoms with van der Waals surface area (Å²) in [6.07, 6.45) is -0.587. The molecule has 5 N–H and O–H groups in total. The highest BCUT2D eigenvalue weighted by atomic mass is 79.9. The Hall–Kier alpha value is -2.67. The van der Waals surface area contributed by atoms with Gasteiger partial charge in [-0.3, -0.25) is 14.4 Å². The number of hydrogen-bond donors (Lipinski definition) is 4. The van der Waals surface area contributed by atoms with Crippen LogP contribution in [0.3, 0.4) is 0 Å². The Bertz CT molecular complexity index is 1110. The number of nitrogens with one attached hydrogen (secondary N) is 2. The number of benzene rings is 2. The summed E-state index contributed by atoms with van der Waals surface area (Å²) in [5.74, 6) is -2.35. The zero-order valence-electron chi connectivity index (χ0n) is 16.4. The third-order valence-electron chi connectivity index (χ3n) is 3.94. The summed E-state index contributed by atoms with van der Waals surface area (Å²) in [4.78, 5) is 34.2. The monoisotopic (exact) mass is 547 g/mol. The van der Waals surface area contributed by atoms with Crippen LogP contribution in [0.5, 0.6) is 5.75 Å². The number of sulfonamides is 1. The van der Waals surface area contributed by atoms with E-state index in [1.807, 2.05) is 0 Å². The number of carbonyl (C=O) groups is 3. The summed E-state index contributed by atoms with van der Waals surface area (Å²) in [5, 5.41) is 11.5. The van der Waals surface area contributed by atoms with Crippen molar-refractivity contribution in [1.29, 1.82) is 0 Å². The van der Waals surface area contributed by atoms with Gasteiger partial charge in [0.1, 0.15) is 5.75 Å². The Morgan fingerprint density at radius 3 is 2.41 bits per heavy atom. The van der Waals surface area contributed by atoms with Gasteiger partial charge >= 0.3 is 5.97 Å². The normalized spacial score (nSPS) is 12.0. The lowest BCUT2D eigenvalue weighted by atomic mass is 10.1. The van der Waals surface area contributed by atoms with Crippen LogP contribution < -0.4 is 20.5 Å². The molecule has 2 amide bonds. The fourth-order valence-electron chi connectivity index (χ4n) is 2.33. The average Bonchev–Trinajstić information content (AvgIpc) is 2.71. The van der Waals surface area contributed by atoms with Gasteiger partial charge in [0.05, 0.1) is 16.0 Å². The first-order valence-corrected chi connectivity index (χ1v) is 11.6. The number of rotatable bonds is 10. The van der Waals surface area contributed by atoms with E-state index in [-0.39, 0.29) is 24.3 Å². The molecule has 2 rings (SSSR count). The maximum atomic E-state index is 12.3. The second-order valence-electron chi connectivity index (χ2n) is 6.44. The SMILES string of the molecule is N[C@@H](CCC(=O)O)C(=O)NS(=O)(=O)c1ccc(NC(=O)COc2ccc(Br)cc2Cl)cc1. The van der Waals surface area contributed by atoms with Crippen LogP contribution in [-0.4, -0.2) is 44.0 Å². The highest BCUT2D eigenvalue weighted by molar-refractivity contribution is 9.10. The van der Waals surface area contributed by atoms with E-state index in [0.717, 1.165) is 4.47 Å². The maximum absolute atomic E-state index is 12.3. The lowest BCUT2D eigenvalue weighted by Gasteiger charge is -2.12. The zero-order chi connectivity index (χ0) is 23.9. The van der Waals surface area contributed by atoms with Gasteiger partial charge in [-0.1, -0.05) is 27.5 Å². The van der Waals surface area contributed by atoms with Gasteiger partial charge in [0.15, 0.2) is 6.61 Å². The van der Waals surface area contributed by atoms with Crippen LogP contribution in [0.25, 0.3) is 0 Å². The first-order chi connectivity index (χ1) is 15.0. The molecule has 0 bridgehead atoms. The number of carboxylic acid groups (broad SMARTS) is 1. The number of halogens is 2. The molecule has 10 nitrogen and oxygen atoms in total. The summed E-state index contributed by atoms with van der Waals surface area (Å²) in [7, 11) is -4.23. The molecular weight excluding hydrogens is 530 g/mol. The van der Waals surface area contributed by atoms with Crippen molar-refractivity contribution >= 4 is 61.0 Å². The number of amides is 2. The molecule has 1 atom stereocenters. The Labute approximate surface area is 197 Å². The van der Waals surface area contributed by atoms with Crippen LogP contribution in [0.2, 0.25) is 5.02 Å². The predicted molar refractivity (Wildman–Crippen MR) is 120 cm³/mol. The molecule has 13 heteroatoms. The zero-order valence-corrected chi connectivity index (χ0v) is 19.5.